The second-order valence-corrected chi connectivity index (χ2v) is 5.59. The number of hydrogen-bond donors (Lipinski definition) is 2. The molecule has 0 fully saturated rings. The molecule has 7 nitrogen and oxygen atoms in total. The SMILES string of the molecule is COC(=O)Cc1coc2cc(O)ccc12.O=C1COc2cc(O)ccc21. The van der Waals surface area contributed by atoms with E-state index in [2.05, 4.69) is 4.74 Å². The van der Waals surface area contributed by atoms with Gasteiger partial charge in [0.25, 0.3) is 0 Å². The molecule has 7 heteroatoms. The summed E-state index contributed by atoms with van der Waals surface area (Å²) in [7, 11) is 1.34. The van der Waals surface area contributed by atoms with Gasteiger partial charge in [-0.2, -0.15) is 0 Å². The molecule has 0 saturated carbocycles. The molecule has 3 aromatic rings. The van der Waals surface area contributed by atoms with E-state index >= 15 is 0 Å². The Kier molecular flexibility index (Phi) is 4.79. The lowest BCUT2D eigenvalue weighted by molar-refractivity contribution is -0.139. The van der Waals surface area contributed by atoms with Gasteiger partial charge in [-0.3, -0.25) is 9.59 Å². The normalized spacial score (nSPS) is 12.1. The summed E-state index contributed by atoms with van der Waals surface area (Å²) in [4.78, 5) is 22.0. The molecule has 0 atom stereocenters. The van der Waals surface area contributed by atoms with E-state index in [1.165, 1.54) is 31.6 Å². The molecule has 0 saturated heterocycles. The molecule has 134 valence electrons. The fraction of sp³-hybridized carbons (Fsp3) is 0.158. The number of furan rings is 1. The standard InChI is InChI=1S/C11H10O4.C8H6O3/c1-14-11(13)4-7-6-15-10-5-8(12)2-3-9(7)10;9-5-1-2-6-7(10)4-11-8(6)3-5/h2-3,5-6,12H,4H2,1H3;1-3,9H,4H2. The van der Waals surface area contributed by atoms with Crippen molar-refractivity contribution in [3.05, 3.63) is 53.8 Å². The monoisotopic (exact) mass is 356 g/mol. The summed E-state index contributed by atoms with van der Waals surface area (Å²) in [6.07, 6.45) is 1.68. The topological polar surface area (TPSA) is 106 Å². The Morgan fingerprint density at radius 1 is 1.15 bits per heavy atom. The molecule has 2 heterocycles. The summed E-state index contributed by atoms with van der Waals surface area (Å²) in [5, 5.41) is 19.0. The van der Waals surface area contributed by atoms with Crippen molar-refractivity contribution in [2.24, 2.45) is 0 Å². The maximum absolute atomic E-state index is 11.1. The Morgan fingerprint density at radius 2 is 1.88 bits per heavy atom. The average Bonchev–Trinajstić information content (AvgIpc) is 3.18. The first kappa shape index (κ1) is 17.3. The molecule has 0 bridgehead atoms. The van der Waals surface area contributed by atoms with Crippen molar-refractivity contribution in [3.8, 4) is 17.2 Å². The number of fused-ring (bicyclic) bond motifs is 2. The highest BCUT2D eigenvalue weighted by atomic mass is 16.5. The number of phenolic OH excluding ortho intramolecular Hbond substituents is 2. The number of benzene rings is 2. The maximum Gasteiger partial charge on any atom is 0.310 e. The van der Waals surface area contributed by atoms with E-state index in [0.717, 1.165) is 10.9 Å². The third kappa shape index (κ3) is 3.61. The number of Topliss-reactive ketones (excluding diaryl/α,β-unsaturated/α-hetero) is 1. The Bertz CT molecular complexity index is 971. The first-order chi connectivity index (χ1) is 12.5. The van der Waals surface area contributed by atoms with Gasteiger partial charge in [0.1, 0.15) is 22.8 Å². The Morgan fingerprint density at radius 3 is 2.65 bits per heavy atom. The molecule has 1 aliphatic heterocycles. The van der Waals surface area contributed by atoms with E-state index in [1.54, 1.807) is 18.2 Å². The fourth-order valence-corrected chi connectivity index (χ4v) is 2.52. The first-order valence-corrected chi connectivity index (χ1v) is 7.73. The van der Waals surface area contributed by atoms with Crippen LogP contribution >= 0.6 is 0 Å². The molecule has 0 unspecified atom stereocenters. The third-order valence-corrected chi connectivity index (χ3v) is 3.83. The number of ketones is 1. The van der Waals surface area contributed by atoms with E-state index in [1.807, 2.05) is 0 Å². The van der Waals surface area contributed by atoms with Gasteiger partial charge in [-0.1, -0.05) is 0 Å². The number of phenols is 2. The number of aromatic hydroxyl groups is 2. The van der Waals surface area contributed by atoms with Crippen molar-refractivity contribution in [2.45, 2.75) is 6.42 Å². The summed E-state index contributed by atoms with van der Waals surface area (Å²) in [6.45, 7) is 0.0960. The van der Waals surface area contributed by atoms with Crippen LogP contribution in [0.3, 0.4) is 0 Å². The Balaban J connectivity index is 0.000000158. The van der Waals surface area contributed by atoms with Crippen LogP contribution in [0.4, 0.5) is 0 Å². The van der Waals surface area contributed by atoms with Crippen LogP contribution in [0, 0.1) is 0 Å². The van der Waals surface area contributed by atoms with Gasteiger partial charge in [0, 0.05) is 23.1 Å². The summed E-state index contributed by atoms with van der Waals surface area (Å²) in [6, 6.07) is 9.27. The van der Waals surface area contributed by atoms with E-state index in [4.69, 9.17) is 14.3 Å². The predicted molar refractivity (Wildman–Crippen MR) is 91.5 cm³/mol. The predicted octanol–water partition coefficient (Wildman–Crippen LogP) is 2.82. The number of hydrogen-bond acceptors (Lipinski definition) is 7. The second-order valence-electron chi connectivity index (χ2n) is 5.59. The lowest BCUT2D eigenvalue weighted by Gasteiger charge is -1.96. The summed E-state index contributed by atoms with van der Waals surface area (Å²) in [5.74, 6) is 0.403. The lowest BCUT2D eigenvalue weighted by Crippen LogP contribution is -2.03. The van der Waals surface area contributed by atoms with E-state index < -0.39 is 0 Å². The number of carbonyl (C=O) groups is 2. The summed E-state index contributed by atoms with van der Waals surface area (Å²) >= 11 is 0. The van der Waals surface area contributed by atoms with Crippen LogP contribution in [0.15, 0.2) is 47.1 Å². The first-order valence-electron chi connectivity index (χ1n) is 7.73. The Hall–Kier alpha value is -3.48. The maximum atomic E-state index is 11.1. The quantitative estimate of drug-likeness (QED) is 0.680. The lowest BCUT2D eigenvalue weighted by atomic mass is 10.1. The molecule has 26 heavy (non-hydrogen) atoms. The van der Waals surface area contributed by atoms with Crippen LogP contribution in [0.1, 0.15) is 15.9 Å². The zero-order valence-corrected chi connectivity index (χ0v) is 13.9. The molecular formula is C19H16O7. The van der Waals surface area contributed by atoms with Crippen LogP contribution < -0.4 is 4.74 Å². The molecule has 0 spiro atoms. The van der Waals surface area contributed by atoms with Crippen LogP contribution in [0.2, 0.25) is 0 Å². The highest BCUT2D eigenvalue weighted by molar-refractivity contribution is 6.02. The van der Waals surface area contributed by atoms with Crippen LogP contribution in [0.5, 0.6) is 17.2 Å². The Labute approximate surface area is 148 Å². The van der Waals surface area contributed by atoms with Crippen molar-refractivity contribution in [1.82, 2.24) is 0 Å². The van der Waals surface area contributed by atoms with Gasteiger partial charge in [-0.15, -0.1) is 0 Å². The van der Waals surface area contributed by atoms with Crippen LogP contribution in [-0.2, 0) is 16.0 Å². The molecule has 0 aliphatic carbocycles. The molecule has 2 N–H and O–H groups in total. The zero-order valence-electron chi connectivity index (χ0n) is 13.9. The molecule has 2 aromatic carbocycles. The second kappa shape index (κ2) is 7.18. The smallest absolute Gasteiger partial charge is 0.310 e. The van der Waals surface area contributed by atoms with Crippen molar-refractivity contribution in [3.63, 3.8) is 0 Å². The molecule has 1 aromatic heterocycles. The zero-order chi connectivity index (χ0) is 18.7. The number of carbonyl (C=O) groups excluding carboxylic acids is 2. The van der Waals surface area contributed by atoms with E-state index in [0.29, 0.717) is 16.9 Å². The van der Waals surface area contributed by atoms with Crippen molar-refractivity contribution < 1.29 is 33.7 Å². The molecular weight excluding hydrogens is 340 g/mol. The minimum absolute atomic E-state index is 0.0278. The van der Waals surface area contributed by atoms with E-state index in [9.17, 15) is 14.7 Å². The van der Waals surface area contributed by atoms with Gasteiger partial charge in [0.15, 0.2) is 6.61 Å². The number of methoxy groups -OCH3 is 1. The summed E-state index contributed by atoms with van der Waals surface area (Å²) < 4.78 is 14.8. The summed E-state index contributed by atoms with van der Waals surface area (Å²) in [5.41, 5.74) is 1.88. The van der Waals surface area contributed by atoms with E-state index in [-0.39, 0.29) is 36.3 Å². The number of esters is 1. The minimum Gasteiger partial charge on any atom is -0.508 e. The van der Waals surface area contributed by atoms with Gasteiger partial charge in [0.2, 0.25) is 5.78 Å². The van der Waals surface area contributed by atoms with Gasteiger partial charge in [-0.05, 0) is 24.3 Å². The van der Waals surface area contributed by atoms with Gasteiger partial charge >= 0.3 is 5.97 Å². The third-order valence-electron chi connectivity index (χ3n) is 3.83. The molecule has 1 aliphatic rings. The van der Waals surface area contributed by atoms with Crippen molar-refractivity contribution in [1.29, 1.82) is 0 Å². The highest BCUT2D eigenvalue weighted by Crippen LogP contribution is 2.28. The molecule has 0 amide bonds. The highest BCUT2D eigenvalue weighted by Gasteiger charge is 2.20. The van der Waals surface area contributed by atoms with Gasteiger partial charge in [-0.25, -0.2) is 0 Å². The van der Waals surface area contributed by atoms with Crippen LogP contribution in [0.25, 0.3) is 11.0 Å². The average molecular weight is 356 g/mol. The number of ether oxygens (including phenoxy) is 2. The van der Waals surface area contributed by atoms with Crippen molar-refractivity contribution in [2.75, 3.05) is 13.7 Å². The minimum atomic E-state index is -0.314. The van der Waals surface area contributed by atoms with Gasteiger partial charge in [0.05, 0.1) is 25.4 Å². The molecule has 4 rings (SSSR count). The van der Waals surface area contributed by atoms with Gasteiger partial charge < -0.3 is 24.1 Å². The fourth-order valence-electron chi connectivity index (χ4n) is 2.52. The van der Waals surface area contributed by atoms with Crippen molar-refractivity contribution >= 4 is 22.7 Å². The molecule has 0 radical (unpaired) electrons. The number of rotatable bonds is 2. The largest absolute Gasteiger partial charge is 0.508 e. The van der Waals surface area contributed by atoms with Crippen LogP contribution in [-0.4, -0.2) is 35.7 Å².